The van der Waals surface area contributed by atoms with Crippen molar-refractivity contribution in [2.24, 2.45) is 5.92 Å². The number of aromatic nitrogens is 3. The molecule has 0 spiro atoms. The van der Waals surface area contributed by atoms with Crippen molar-refractivity contribution in [2.75, 3.05) is 12.4 Å². The van der Waals surface area contributed by atoms with E-state index in [1.54, 1.807) is 43.7 Å². The first-order valence-electron chi connectivity index (χ1n) is 12.2. The van der Waals surface area contributed by atoms with Crippen LogP contribution in [0.25, 0.3) is 10.9 Å². The Morgan fingerprint density at radius 1 is 1.11 bits per heavy atom. The van der Waals surface area contributed by atoms with Crippen molar-refractivity contribution < 1.29 is 14.3 Å². The molecule has 3 fully saturated rings. The summed E-state index contributed by atoms with van der Waals surface area (Å²) in [6, 6.07) is 12.8. The quantitative estimate of drug-likeness (QED) is 0.403. The zero-order valence-corrected chi connectivity index (χ0v) is 20.2. The predicted molar refractivity (Wildman–Crippen MR) is 136 cm³/mol. The number of hydrogen-bond donors (Lipinski definition) is 2. The van der Waals surface area contributed by atoms with E-state index in [1.165, 1.54) is 19.3 Å². The van der Waals surface area contributed by atoms with Gasteiger partial charge in [-0.05, 0) is 73.6 Å². The summed E-state index contributed by atoms with van der Waals surface area (Å²) >= 11 is 0. The lowest BCUT2D eigenvalue weighted by Crippen LogP contribution is -2.59. The number of fused-ring (bicyclic) bond motifs is 1. The van der Waals surface area contributed by atoms with Gasteiger partial charge in [0.25, 0.3) is 5.91 Å². The molecule has 0 unspecified atom stereocenters. The number of benzene rings is 2. The summed E-state index contributed by atoms with van der Waals surface area (Å²) in [5, 5.41) is 10.8. The van der Waals surface area contributed by atoms with Gasteiger partial charge in [-0.2, -0.15) is 5.10 Å². The molecule has 8 heteroatoms. The monoisotopic (exact) mass is 481 g/mol. The predicted octanol–water partition coefficient (Wildman–Crippen LogP) is 4.58. The first-order chi connectivity index (χ1) is 17.4. The number of nitrogens with zero attached hydrogens (tertiary/aromatic N) is 3. The number of aryl methyl sites for hydroxylation is 1. The Morgan fingerprint density at radius 2 is 1.94 bits per heavy atom. The SMILES string of the molecule is CNC(=O)c1ccc2nccc(Oc3ccc(CC(=O)Nc4cnn(C56CC(C5)C6)c4)cc3C)c2c1. The summed E-state index contributed by atoms with van der Waals surface area (Å²) in [4.78, 5) is 29.1. The number of rotatable bonds is 7. The van der Waals surface area contributed by atoms with E-state index in [0.29, 0.717) is 17.1 Å². The van der Waals surface area contributed by atoms with Gasteiger partial charge in [0.1, 0.15) is 11.5 Å². The van der Waals surface area contributed by atoms with Crippen LogP contribution in [0.15, 0.2) is 61.1 Å². The molecule has 2 aromatic heterocycles. The minimum Gasteiger partial charge on any atom is -0.456 e. The summed E-state index contributed by atoms with van der Waals surface area (Å²) in [6.45, 7) is 1.95. The molecule has 8 nitrogen and oxygen atoms in total. The average Bonchev–Trinajstić information content (AvgIpc) is 3.25. The standard InChI is InChI=1S/C28H27N5O3/c1-17-9-18(10-26(34)32-21-15-31-33(16-21)28-12-19(13-28)14-28)3-6-24(17)36-25-7-8-30-23-5-4-20(11-22(23)25)27(35)29-2/h3-9,11,15-16,19H,10,12-14H2,1-2H3,(H,29,35)(H,32,34). The zero-order chi connectivity index (χ0) is 24.9. The second-order valence-corrected chi connectivity index (χ2v) is 9.92. The van der Waals surface area contributed by atoms with Crippen LogP contribution in [-0.4, -0.2) is 33.6 Å². The molecule has 0 aliphatic heterocycles. The fourth-order valence-electron chi connectivity index (χ4n) is 5.30. The Labute approximate surface area is 208 Å². The van der Waals surface area contributed by atoms with Gasteiger partial charge in [0, 0.05) is 30.4 Å². The van der Waals surface area contributed by atoms with Crippen LogP contribution in [0.4, 0.5) is 5.69 Å². The van der Waals surface area contributed by atoms with E-state index in [1.807, 2.05) is 36.0 Å². The number of nitrogens with one attached hydrogen (secondary N) is 2. The first-order valence-corrected chi connectivity index (χ1v) is 12.2. The minimum absolute atomic E-state index is 0.0814. The highest BCUT2D eigenvalue weighted by atomic mass is 16.5. The van der Waals surface area contributed by atoms with Crippen LogP contribution in [0.1, 0.15) is 40.7 Å². The molecule has 36 heavy (non-hydrogen) atoms. The molecule has 4 aromatic rings. The number of pyridine rings is 1. The Bertz CT molecular complexity index is 1490. The maximum absolute atomic E-state index is 12.7. The summed E-state index contributed by atoms with van der Waals surface area (Å²) in [5.74, 6) is 1.91. The van der Waals surface area contributed by atoms with Crippen LogP contribution in [0.5, 0.6) is 11.5 Å². The van der Waals surface area contributed by atoms with Gasteiger partial charge in [-0.3, -0.25) is 19.3 Å². The molecule has 2 bridgehead atoms. The van der Waals surface area contributed by atoms with E-state index in [2.05, 4.69) is 20.7 Å². The summed E-state index contributed by atoms with van der Waals surface area (Å²) in [7, 11) is 1.60. The van der Waals surface area contributed by atoms with Crippen LogP contribution in [0, 0.1) is 12.8 Å². The maximum atomic E-state index is 12.7. The van der Waals surface area contributed by atoms with Gasteiger partial charge in [-0.15, -0.1) is 0 Å². The van der Waals surface area contributed by atoms with Crippen LogP contribution in [0.3, 0.4) is 0 Å². The largest absolute Gasteiger partial charge is 0.456 e. The second kappa shape index (κ2) is 8.48. The Morgan fingerprint density at radius 3 is 2.67 bits per heavy atom. The highest BCUT2D eigenvalue weighted by Gasteiger charge is 2.58. The fourth-order valence-corrected chi connectivity index (χ4v) is 5.30. The lowest BCUT2D eigenvalue weighted by molar-refractivity contribution is -0.115. The van der Waals surface area contributed by atoms with E-state index in [4.69, 9.17) is 4.74 Å². The number of carbonyl (C=O) groups excluding carboxylic acids is 2. The third-order valence-electron chi connectivity index (χ3n) is 7.37. The summed E-state index contributed by atoms with van der Waals surface area (Å²) in [5.41, 5.74) is 4.03. The van der Waals surface area contributed by atoms with Crippen LogP contribution in [-0.2, 0) is 16.8 Å². The number of ether oxygens (including phenoxy) is 1. The smallest absolute Gasteiger partial charge is 0.251 e. The summed E-state index contributed by atoms with van der Waals surface area (Å²) < 4.78 is 8.24. The van der Waals surface area contributed by atoms with E-state index in [9.17, 15) is 9.59 Å². The number of carbonyl (C=O) groups is 2. The molecule has 2 aromatic carbocycles. The van der Waals surface area contributed by atoms with Crippen molar-refractivity contribution in [3.8, 4) is 11.5 Å². The van der Waals surface area contributed by atoms with Crippen molar-refractivity contribution in [1.29, 1.82) is 0 Å². The molecular weight excluding hydrogens is 454 g/mol. The van der Waals surface area contributed by atoms with Crippen molar-refractivity contribution in [1.82, 2.24) is 20.1 Å². The maximum Gasteiger partial charge on any atom is 0.251 e. The minimum atomic E-state index is -0.169. The van der Waals surface area contributed by atoms with E-state index >= 15 is 0 Å². The number of amides is 2. The molecule has 3 aliphatic rings. The fraction of sp³-hybridized carbons (Fsp3) is 0.286. The Balaban J connectivity index is 1.14. The molecule has 182 valence electrons. The number of hydrogen-bond acceptors (Lipinski definition) is 5. The van der Waals surface area contributed by atoms with E-state index in [0.717, 1.165) is 33.6 Å². The Hall–Kier alpha value is -4.20. The molecule has 7 rings (SSSR count). The van der Waals surface area contributed by atoms with Gasteiger partial charge >= 0.3 is 0 Å². The van der Waals surface area contributed by atoms with Crippen LogP contribution >= 0.6 is 0 Å². The van der Waals surface area contributed by atoms with Gasteiger partial charge in [0.2, 0.25) is 5.91 Å². The molecule has 0 saturated heterocycles. The third-order valence-corrected chi connectivity index (χ3v) is 7.37. The first kappa shape index (κ1) is 22.3. The molecular formula is C28H27N5O3. The van der Waals surface area contributed by atoms with Gasteiger partial charge in [-0.1, -0.05) is 12.1 Å². The normalized spacial score (nSPS) is 19.8. The lowest BCUT2D eigenvalue weighted by atomic mass is 9.50. The van der Waals surface area contributed by atoms with Crippen LogP contribution < -0.4 is 15.4 Å². The van der Waals surface area contributed by atoms with E-state index in [-0.39, 0.29) is 23.8 Å². The second-order valence-electron chi connectivity index (χ2n) is 9.92. The highest BCUT2D eigenvalue weighted by Crippen LogP contribution is 2.62. The highest BCUT2D eigenvalue weighted by molar-refractivity contribution is 5.99. The zero-order valence-electron chi connectivity index (χ0n) is 20.2. The van der Waals surface area contributed by atoms with Gasteiger partial charge in [0.15, 0.2) is 0 Å². The average molecular weight is 482 g/mol. The topological polar surface area (TPSA) is 98.1 Å². The van der Waals surface area contributed by atoms with Crippen molar-refractivity contribution in [2.45, 2.75) is 38.1 Å². The molecule has 0 atom stereocenters. The van der Waals surface area contributed by atoms with Crippen LogP contribution in [0.2, 0.25) is 0 Å². The molecule has 2 heterocycles. The molecule has 0 radical (unpaired) electrons. The van der Waals surface area contributed by atoms with Crippen molar-refractivity contribution in [3.63, 3.8) is 0 Å². The molecule has 3 saturated carbocycles. The Kier molecular flexibility index (Phi) is 5.25. The van der Waals surface area contributed by atoms with Crippen molar-refractivity contribution in [3.05, 3.63) is 77.7 Å². The van der Waals surface area contributed by atoms with Crippen molar-refractivity contribution >= 4 is 28.4 Å². The molecule has 3 aliphatic carbocycles. The number of anilines is 1. The van der Waals surface area contributed by atoms with E-state index < -0.39 is 0 Å². The molecule has 2 N–H and O–H groups in total. The summed E-state index contributed by atoms with van der Waals surface area (Å²) in [6.07, 6.45) is 9.24. The van der Waals surface area contributed by atoms with Gasteiger partial charge in [0.05, 0.1) is 29.4 Å². The third kappa shape index (κ3) is 3.88. The van der Waals surface area contributed by atoms with Gasteiger partial charge in [-0.25, -0.2) is 0 Å². The lowest BCUT2D eigenvalue weighted by Gasteiger charge is -2.61. The van der Waals surface area contributed by atoms with Gasteiger partial charge < -0.3 is 15.4 Å². The molecule has 2 amide bonds.